The van der Waals surface area contributed by atoms with Gasteiger partial charge in [-0.25, -0.2) is 0 Å². The highest BCUT2D eigenvalue weighted by Gasteiger charge is 2.07. The minimum absolute atomic E-state index is 0.0962. The zero-order valence-corrected chi connectivity index (χ0v) is 8.98. The van der Waals surface area contributed by atoms with Gasteiger partial charge < -0.3 is 4.74 Å². The smallest absolute Gasteiger partial charge is 0.243 e. The summed E-state index contributed by atoms with van der Waals surface area (Å²) in [5.74, 6) is 0.679. The number of nitro groups is 1. The van der Waals surface area contributed by atoms with E-state index < -0.39 is 4.92 Å². The lowest BCUT2D eigenvalue weighted by Gasteiger charge is -2.07. The average molecular weight is 207 g/mol. The Labute approximate surface area is 88.3 Å². The molecular weight excluding hydrogens is 194 g/mol. The van der Waals surface area contributed by atoms with Crippen LogP contribution in [0.25, 0.3) is 6.08 Å². The van der Waals surface area contributed by atoms with Crippen LogP contribution in [0.2, 0.25) is 0 Å². The third-order valence-corrected chi connectivity index (χ3v) is 2.10. The van der Waals surface area contributed by atoms with E-state index in [4.69, 9.17) is 4.74 Å². The molecule has 4 heteroatoms. The van der Waals surface area contributed by atoms with E-state index in [1.54, 1.807) is 13.2 Å². The van der Waals surface area contributed by atoms with Crippen LogP contribution in [0, 0.1) is 17.0 Å². The normalized spacial score (nSPS) is 11.3. The van der Waals surface area contributed by atoms with Gasteiger partial charge in [-0.1, -0.05) is 18.2 Å². The SMILES string of the molecule is COc1c(C)cccc1C=C(C)[N+](=O)[O-]. The minimum Gasteiger partial charge on any atom is -0.496 e. The largest absolute Gasteiger partial charge is 0.496 e. The van der Waals surface area contributed by atoms with Crippen LogP contribution in [0.1, 0.15) is 18.1 Å². The van der Waals surface area contributed by atoms with E-state index in [1.807, 2.05) is 19.1 Å². The maximum absolute atomic E-state index is 10.5. The molecule has 0 aliphatic carbocycles. The molecule has 0 aliphatic rings. The second-order valence-electron chi connectivity index (χ2n) is 3.24. The van der Waals surface area contributed by atoms with Gasteiger partial charge in [0.1, 0.15) is 5.75 Å². The summed E-state index contributed by atoms with van der Waals surface area (Å²) in [6.45, 7) is 3.36. The van der Waals surface area contributed by atoms with E-state index >= 15 is 0 Å². The van der Waals surface area contributed by atoms with Gasteiger partial charge in [-0.15, -0.1) is 0 Å². The number of rotatable bonds is 3. The zero-order chi connectivity index (χ0) is 11.4. The van der Waals surface area contributed by atoms with Crippen molar-refractivity contribution < 1.29 is 9.66 Å². The average Bonchev–Trinajstić information content (AvgIpc) is 2.18. The van der Waals surface area contributed by atoms with Gasteiger partial charge in [0.15, 0.2) is 0 Å². The molecular formula is C11H13NO3. The molecule has 0 heterocycles. The Kier molecular flexibility index (Phi) is 3.44. The molecule has 0 fully saturated rings. The lowest BCUT2D eigenvalue weighted by Crippen LogP contribution is -1.95. The summed E-state index contributed by atoms with van der Waals surface area (Å²) in [5.41, 5.74) is 1.79. The van der Waals surface area contributed by atoms with E-state index in [0.29, 0.717) is 5.75 Å². The van der Waals surface area contributed by atoms with Crippen LogP contribution in [0.3, 0.4) is 0 Å². The van der Waals surface area contributed by atoms with Crippen LogP contribution in [-0.4, -0.2) is 12.0 Å². The molecule has 1 aromatic rings. The Bertz CT molecular complexity index is 410. The van der Waals surface area contributed by atoms with Crippen molar-refractivity contribution in [3.63, 3.8) is 0 Å². The molecule has 0 atom stereocenters. The third kappa shape index (κ3) is 2.56. The fourth-order valence-corrected chi connectivity index (χ4v) is 1.35. The minimum atomic E-state index is -0.415. The number of methoxy groups -OCH3 is 1. The summed E-state index contributed by atoms with van der Waals surface area (Å²) in [5, 5.41) is 10.5. The first kappa shape index (κ1) is 11.2. The third-order valence-electron chi connectivity index (χ3n) is 2.10. The Morgan fingerprint density at radius 1 is 1.53 bits per heavy atom. The summed E-state index contributed by atoms with van der Waals surface area (Å²) in [4.78, 5) is 10.1. The van der Waals surface area contributed by atoms with Crippen molar-refractivity contribution in [2.24, 2.45) is 0 Å². The van der Waals surface area contributed by atoms with E-state index in [1.165, 1.54) is 13.0 Å². The highest BCUT2D eigenvalue weighted by Crippen LogP contribution is 2.25. The molecule has 0 aliphatic heterocycles. The van der Waals surface area contributed by atoms with Crippen molar-refractivity contribution in [1.82, 2.24) is 0 Å². The molecule has 1 rings (SSSR count). The molecule has 80 valence electrons. The summed E-state index contributed by atoms with van der Waals surface area (Å²) in [6, 6.07) is 5.54. The topological polar surface area (TPSA) is 52.4 Å². The first-order valence-corrected chi connectivity index (χ1v) is 4.52. The van der Waals surface area contributed by atoms with E-state index in [2.05, 4.69) is 0 Å². The summed E-state index contributed by atoms with van der Waals surface area (Å²) in [7, 11) is 1.56. The van der Waals surface area contributed by atoms with Gasteiger partial charge >= 0.3 is 0 Å². The summed E-state index contributed by atoms with van der Waals surface area (Å²) < 4.78 is 5.19. The maximum Gasteiger partial charge on any atom is 0.243 e. The van der Waals surface area contributed by atoms with Crippen LogP contribution >= 0.6 is 0 Å². The number of hydrogen-bond acceptors (Lipinski definition) is 3. The van der Waals surface area contributed by atoms with Crippen molar-refractivity contribution >= 4 is 6.08 Å². The fourth-order valence-electron chi connectivity index (χ4n) is 1.35. The highest BCUT2D eigenvalue weighted by atomic mass is 16.6. The van der Waals surface area contributed by atoms with E-state index in [9.17, 15) is 10.1 Å². The van der Waals surface area contributed by atoms with Crippen LogP contribution in [0.4, 0.5) is 0 Å². The van der Waals surface area contributed by atoms with Crippen molar-refractivity contribution in [2.75, 3.05) is 7.11 Å². The predicted octanol–water partition coefficient (Wildman–Crippen LogP) is 2.64. The van der Waals surface area contributed by atoms with Crippen LogP contribution in [0.15, 0.2) is 23.9 Å². The molecule has 15 heavy (non-hydrogen) atoms. The Hall–Kier alpha value is -1.84. The number of benzene rings is 1. The van der Waals surface area contributed by atoms with Crippen molar-refractivity contribution in [2.45, 2.75) is 13.8 Å². The van der Waals surface area contributed by atoms with Gasteiger partial charge in [0, 0.05) is 18.6 Å². The quantitative estimate of drug-likeness (QED) is 0.565. The number of nitrogens with zero attached hydrogens (tertiary/aromatic N) is 1. The van der Waals surface area contributed by atoms with Crippen LogP contribution in [-0.2, 0) is 0 Å². The molecule has 0 saturated carbocycles. The number of hydrogen-bond donors (Lipinski definition) is 0. The highest BCUT2D eigenvalue weighted by molar-refractivity contribution is 5.60. The monoisotopic (exact) mass is 207 g/mol. The van der Waals surface area contributed by atoms with E-state index in [0.717, 1.165) is 11.1 Å². The first-order chi connectivity index (χ1) is 7.06. The molecule has 0 radical (unpaired) electrons. The van der Waals surface area contributed by atoms with Crippen molar-refractivity contribution in [3.05, 3.63) is 45.1 Å². The van der Waals surface area contributed by atoms with Gasteiger partial charge in [-0.05, 0) is 12.5 Å². The van der Waals surface area contributed by atoms with Gasteiger partial charge in [0.25, 0.3) is 0 Å². The summed E-state index contributed by atoms with van der Waals surface area (Å²) in [6.07, 6.45) is 1.51. The van der Waals surface area contributed by atoms with Gasteiger partial charge in [-0.3, -0.25) is 10.1 Å². The zero-order valence-electron chi connectivity index (χ0n) is 8.98. The van der Waals surface area contributed by atoms with Crippen molar-refractivity contribution in [1.29, 1.82) is 0 Å². The molecule has 1 aromatic carbocycles. The molecule has 0 bridgehead atoms. The van der Waals surface area contributed by atoms with Crippen LogP contribution < -0.4 is 4.74 Å². The molecule has 0 aromatic heterocycles. The first-order valence-electron chi connectivity index (χ1n) is 4.52. The lowest BCUT2D eigenvalue weighted by molar-refractivity contribution is -0.422. The number of aryl methyl sites for hydroxylation is 1. The van der Waals surface area contributed by atoms with Crippen molar-refractivity contribution in [3.8, 4) is 5.75 Å². The second kappa shape index (κ2) is 4.59. The number of allylic oxidation sites excluding steroid dienone is 1. The molecule has 4 nitrogen and oxygen atoms in total. The molecule has 0 unspecified atom stereocenters. The van der Waals surface area contributed by atoms with Gasteiger partial charge in [0.05, 0.1) is 12.0 Å². The summed E-state index contributed by atoms with van der Waals surface area (Å²) >= 11 is 0. The lowest BCUT2D eigenvalue weighted by atomic mass is 10.1. The maximum atomic E-state index is 10.5. The standard InChI is InChI=1S/C11H13NO3/c1-8-5-4-6-10(11(8)15-3)7-9(2)12(13)14/h4-7H,1-3H3. The Morgan fingerprint density at radius 2 is 2.20 bits per heavy atom. The van der Waals surface area contributed by atoms with Gasteiger partial charge in [0.2, 0.25) is 5.70 Å². The number of para-hydroxylation sites is 1. The Morgan fingerprint density at radius 3 is 2.73 bits per heavy atom. The fraction of sp³-hybridized carbons (Fsp3) is 0.273. The predicted molar refractivity (Wildman–Crippen MR) is 58.4 cm³/mol. The molecule has 0 N–H and O–H groups in total. The second-order valence-corrected chi connectivity index (χ2v) is 3.24. The Balaban J connectivity index is 3.20. The van der Waals surface area contributed by atoms with Crippen LogP contribution in [0.5, 0.6) is 5.75 Å². The number of ether oxygens (including phenoxy) is 1. The van der Waals surface area contributed by atoms with Gasteiger partial charge in [-0.2, -0.15) is 0 Å². The molecule has 0 amide bonds. The molecule has 0 saturated heterocycles. The van der Waals surface area contributed by atoms with E-state index in [-0.39, 0.29) is 5.70 Å². The molecule has 0 spiro atoms.